The van der Waals surface area contributed by atoms with Crippen molar-refractivity contribution in [3.05, 3.63) is 0 Å². The van der Waals surface area contributed by atoms with Gasteiger partial charge in [-0.3, -0.25) is 4.79 Å². The molecule has 4 heteroatoms. The standard InChI is InChI=1S/C12H20N2OS/c15-11(9-7-8-9)14-12(16)13-10-5-3-1-2-4-6-10/h9-10H,1-8H2,(H2,13,14,15,16). The Balaban J connectivity index is 1.70. The molecule has 2 aliphatic carbocycles. The normalized spacial score (nSPS) is 22.2. The highest BCUT2D eigenvalue weighted by Crippen LogP contribution is 2.28. The summed E-state index contributed by atoms with van der Waals surface area (Å²) in [6.45, 7) is 0. The highest BCUT2D eigenvalue weighted by atomic mass is 32.1. The molecule has 0 aliphatic heterocycles. The molecule has 0 aromatic rings. The monoisotopic (exact) mass is 240 g/mol. The molecule has 0 aromatic carbocycles. The second-order valence-corrected chi connectivity index (χ2v) is 5.33. The predicted molar refractivity (Wildman–Crippen MR) is 68.1 cm³/mol. The first-order chi connectivity index (χ1) is 7.75. The van der Waals surface area contributed by atoms with E-state index >= 15 is 0 Å². The lowest BCUT2D eigenvalue weighted by atomic mass is 10.1. The number of hydrogen-bond donors (Lipinski definition) is 2. The molecule has 2 saturated carbocycles. The van der Waals surface area contributed by atoms with Crippen LogP contribution in [0.3, 0.4) is 0 Å². The summed E-state index contributed by atoms with van der Waals surface area (Å²) in [5, 5.41) is 6.59. The van der Waals surface area contributed by atoms with E-state index in [9.17, 15) is 4.79 Å². The van der Waals surface area contributed by atoms with Crippen LogP contribution >= 0.6 is 12.2 Å². The number of hydrogen-bond acceptors (Lipinski definition) is 2. The van der Waals surface area contributed by atoms with Crippen LogP contribution in [-0.4, -0.2) is 17.1 Å². The molecule has 16 heavy (non-hydrogen) atoms. The van der Waals surface area contributed by atoms with Crippen LogP contribution in [0.25, 0.3) is 0 Å². The Bertz CT molecular complexity index is 268. The molecule has 0 aromatic heterocycles. The summed E-state index contributed by atoms with van der Waals surface area (Å²) in [5.74, 6) is 0.333. The smallest absolute Gasteiger partial charge is 0.229 e. The minimum absolute atomic E-state index is 0.103. The number of amides is 1. The molecule has 3 nitrogen and oxygen atoms in total. The second kappa shape index (κ2) is 5.62. The average Bonchev–Trinajstić information content (AvgIpc) is 3.05. The van der Waals surface area contributed by atoms with Gasteiger partial charge >= 0.3 is 0 Å². The van der Waals surface area contributed by atoms with Crippen LogP contribution in [0.5, 0.6) is 0 Å². The Labute approximate surface area is 102 Å². The Kier molecular flexibility index (Phi) is 4.16. The summed E-state index contributed by atoms with van der Waals surface area (Å²) >= 11 is 5.16. The molecule has 2 rings (SSSR count). The lowest BCUT2D eigenvalue weighted by Crippen LogP contribution is -2.44. The van der Waals surface area contributed by atoms with E-state index in [1.165, 1.54) is 38.5 Å². The van der Waals surface area contributed by atoms with Gasteiger partial charge in [-0.05, 0) is 37.9 Å². The number of thiocarbonyl (C=S) groups is 1. The van der Waals surface area contributed by atoms with Crippen LogP contribution in [-0.2, 0) is 4.79 Å². The fraction of sp³-hybridized carbons (Fsp3) is 0.833. The van der Waals surface area contributed by atoms with Crippen molar-refractivity contribution in [2.75, 3.05) is 0 Å². The number of carbonyl (C=O) groups excluding carboxylic acids is 1. The van der Waals surface area contributed by atoms with Gasteiger partial charge in [-0.1, -0.05) is 25.7 Å². The van der Waals surface area contributed by atoms with Crippen LogP contribution < -0.4 is 10.6 Å². The van der Waals surface area contributed by atoms with Crippen molar-refractivity contribution in [1.82, 2.24) is 10.6 Å². The molecule has 2 aliphatic rings. The van der Waals surface area contributed by atoms with Crippen LogP contribution in [0.2, 0.25) is 0 Å². The van der Waals surface area contributed by atoms with Crippen molar-refractivity contribution in [2.24, 2.45) is 5.92 Å². The number of carbonyl (C=O) groups is 1. The second-order valence-electron chi connectivity index (χ2n) is 4.93. The summed E-state index contributed by atoms with van der Waals surface area (Å²) < 4.78 is 0. The highest BCUT2D eigenvalue weighted by molar-refractivity contribution is 7.80. The zero-order valence-corrected chi connectivity index (χ0v) is 10.4. The maximum absolute atomic E-state index is 11.5. The summed E-state index contributed by atoms with van der Waals surface area (Å²) in [5.41, 5.74) is 0. The van der Waals surface area contributed by atoms with E-state index < -0.39 is 0 Å². The number of rotatable bonds is 2. The van der Waals surface area contributed by atoms with Gasteiger partial charge in [-0.2, -0.15) is 0 Å². The average molecular weight is 240 g/mol. The zero-order valence-electron chi connectivity index (χ0n) is 9.63. The Morgan fingerprint density at radius 3 is 2.19 bits per heavy atom. The van der Waals surface area contributed by atoms with E-state index in [4.69, 9.17) is 12.2 Å². The Morgan fingerprint density at radius 1 is 1.00 bits per heavy atom. The lowest BCUT2D eigenvalue weighted by Gasteiger charge is -2.18. The fourth-order valence-corrected chi connectivity index (χ4v) is 2.47. The predicted octanol–water partition coefficient (Wildman–Crippen LogP) is 2.11. The van der Waals surface area contributed by atoms with Gasteiger partial charge in [0.2, 0.25) is 5.91 Å². The molecule has 2 fully saturated rings. The SMILES string of the molecule is O=C(NC(=S)NC1CCCCCC1)C1CC1. The van der Waals surface area contributed by atoms with Crippen LogP contribution in [0.1, 0.15) is 51.4 Å². The molecule has 0 heterocycles. The first kappa shape index (κ1) is 11.8. The van der Waals surface area contributed by atoms with E-state index in [0.29, 0.717) is 11.2 Å². The van der Waals surface area contributed by atoms with Crippen molar-refractivity contribution in [3.8, 4) is 0 Å². The summed E-state index contributed by atoms with van der Waals surface area (Å²) in [6.07, 6.45) is 9.63. The van der Waals surface area contributed by atoms with E-state index in [0.717, 1.165) is 12.8 Å². The third kappa shape index (κ3) is 3.74. The van der Waals surface area contributed by atoms with E-state index in [2.05, 4.69) is 10.6 Å². The van der Waals surface area contributed by atoms with Crippen molar-refractivity contribution < 1.29 is 4.79 Å². The van der Waals surface area contributed by atoms with Gasteiger partial charge in [0.1, 0.15) is 0 Å². The van der Waals surface area contributed by atoms with Gasteiger partial charge in [0.15, 0.2) is 5.11 Å². The number of nitrogens with one attached hydrogen (secondary N) is 2. The lowest BCUT2D eigenvalue weighted by molar-refractivity contribution is -0.120. The van der Waals surface area contributed by atoms with Gasteiger partial charge < -0.3 is 10.6 Å². The molecule has 90 valence electrons. The van der Waals surface area contributed by atoms with Crippen molar-refractivity contribution in [1.29, 1.82) is 0 Å². The summed E-state index contributed by atoms with van der Waals surface area (Å²) in [4.78, 5) is 11.5. The minimum Gasteiger partial charge on any atom is -0.360 e. The van der Waals surface area contributed by atoms with E-state index in [1.54, 1.807) is 0 Å². The Morgan fingerprint density at radius 2 is 1.62 bits per heavy atom. The molecule has 0 unspecified atom stereocenters. The van der Waals surface area contributed by atoms with E-state index in [-0.39, 0.29) is 11.8 Å². The van der Waals surface area contributed by atoms with Crippen LogP contribution in [0.15, 0.2) is 0 Å². The minimum atomic E-state index is 0.103. The third-order valence-corrected chi connectivity index (χ3v) is 3.60. The zero-order chi connectivity index (χ0) is 11.4. The van der Waals surface area contributed by atoms with Crippen molar-refractivity contribution >= 4 is 23.2 Å². The molecule has 0 spiro atoms. The van der Waals surface area contributed by atoms with Gasteiger partial charge in [-0.15, -0.1) is 0 Å². The largest absolute Gasteiger partial charge is 0.360 e. The summed E-state index contributed by atoms with van der Waals surface area (Å²) in [6, 6.07) is 0.467. The first-order valence-corrected chi connectivity index (χ1v) is 6.78. The Hall–Kier alpha value is -0.640. The maximum atomic E-state index is 11.5. The maximum Gasteiger partial charge on any atom is 0.229 e. The van der Waals surface area contributed by atoms with Gasteiger partial charge in [0.05, 0.1) is 0 Å². The molecule has 0 bridgehead atoms. The van der Waals surface area contributed by atoms with Crippen molar-refractivity contribution in [3.63, 3.8) is 0 Å². The molecule has 0 radical (unpaired) electrons. The van der Waals surface area contributed by atoms with Gasteiger partial charge in [0, 0.05) is 12.0 Å². The van der Waals surface area contributed by atoms with Gasteiger partial charge in [0.25, 0.3) is 0 Å². The van der Waals surface area contributed by atoms with Crippen LogP contribution in [0, 0.1) is 5.92 Å². The topological polar surface area (TPSA) is 41.1 Å². The highest BCUT2D eigenvalue weighted by Gasteiger charge is 2.30. The van der Waals surface area contributed by atoms with Crippen molar-refractivity contribution in [2.45, 2.75) is 57.4 Å². The molecule has 0 saturated heterocycles. The molecule has 2 N–H and O–H groups in total. The molecule has 1 amide bonds. The quantitative estimate of drug-likeness (QED) is 0.574. The first-order valence-electron chi connectivity index (χ1n) is 6.37. The molecular weight excluding hydrogens is 220 g/mol. The van der Waals surface area contributed by atoms with Gasteiger partial charge in [-0.25, -0.2) is 0 Å². The molecular formula is C12H20N2OS. The fourth-order valence-electron chi connectivity index (χ4n) is 2.20. The summed E-state index contributed by atoms with van der Waals surface area (Å²) in [7, 11) is 0. The van der Waals surface area contributed by atoms with E-state index in [1.807, 2.05) is 0 Å². The van der Waals surface area contributed by atoms with Crippen LogP contribution in [0.4, 0.5) is 0 Å². The third-order valence-electron chi connectivity index (χ3n) is 3.38. The molecule has 0 atom stereocenters.